The summed E-state index contributed by atoms with van der Waals surface area (Å²) in [7, 11) is 0. The Morgan fingerprint density at radius 2 is 1.65 bits per heavy atom. The van der Waals surface area contributed by atoms with Gasteiger partial charge >= 0.3 is 0 Å². The lowest BCUT2D eigenvalue weighted by Crippen LogP contribution is -2.18. The Morgan fingerprint density at radius 1 is 0.950 bits per heavy atom. The van der Waals surface area contributed by atoms with E-state index in [4.69, 9.17) is 5.73 Å². The van der Waals surface area contributed by atoms with E-state index >= 15 is 0 Å². The average Bonchev–Trinajstić information content (AvgIpc) is 3.01. The van der Waals surface area contributed by atoms with Crippen molar-refractivity contribution in [1.29, 1.82) is 0 Å². The molecule has 1 aliphatic rings. The van der Waals surface area contributed by atoms with Crippen molar-refractivity contribution >= 4 is 11.5 Å². The van der Waals surface area contributed by atoms with Gasteiger partial charge in [-0.25, -0.2) is 4.98 Å². The second-order valence-electron chi connectivity index (χ2n) is 4.97. The Bertz CT molecular complexity index is 644. The van der Waals surface area contributed by atoms with Crippen LogP contribution in [0.3, 0.4) is 0 Å². The molecule has 100 valence electrons. The molecule has 1 aromatic carbocycles. The van der Waals surface area contributed by atoms with Crippen LogP contribution >= 0.6 is 0 Å². The minimum atomic E-state index is 0.760. The van der Waals surface area contributed by atoms with E-state index in [1.807, 2.05) is 36.5 Å². The van der Waals surface area contributed by atoms with Gasteiger partial charge in [-0.05, 0) is 49.2 Å². The summed E-state index contributed by atoms with van der Waals surface area (Å²) >= 11 is 0. The molecule has 1 saturated heterocycles. The molecule has 0 unspecified atom stereocenters. The normalized spacial score (nSPS) is 13.9. The lowest BCUT2D eigenvalue weighted by Gasteiger charge is -2.15. The molecule has 0 bridgehead atoms. The number of hydrogen-bond donors (Lipinski definition) is 1. The first-order chi connectivity index (χ1) is 9.81. The van der Waals surface area contributed by atoms with Crippen LogP contribution in [0.1, 0.15) is 24.0 Å². The highest BCUT2D eigenvalue weighted by molar-refractivity contribution is 5.51. The molecule has 3 rings (SSSR count). The van der Waals surface area contributed by atoms with Crippen LogP contribution in [-0.4, -0.2) is 18.1 Å². The Labute approximate surface area is 119 Å². The number of anilines is 2. The number of pyridine rings is 1. The first-order valence-corrected chi connectivity index (χ1v) is 6.90. The zero-order valence-corrected chi connectivity index (χ0v) is 11.3. The first kappa shape index (κ1) is 12.6. The molecule has 2 N–H and O–H groups in total. The summed E-state index contributed by atoms with van der Waals surface area (Å²) < 4.78 is 0. The van der Waals surface area contributed by atoms with Gasteiger partial charge in [-0.3, -0.25) is 0 Å². The summed E-state index contributed by atoms with van der Waals surface area (Å²) in [5, 5.41) is 0. The van der Waals surface area contributed by atoms with Crippen LogP contribution in [0.25, 0.3) is 0 Å². The minimum Gasteiger partial charge on any atom is -0.399 e. The van der Waals surface area contributed by atoms with Gasteiger partial charge in [0.15, 0.2) is 0 Å². The van der Waals surface area contributed by atoms with Gasteiger partial charge in [-0.15, -0.1) is 0 Å². The lowest BCUT2D eigenvalue weighted by molar-refractivity contribution is 0.937. The Kier molecular flexibility index (Phi) is 3.56. The second kappa shape index (κ2) is 5.66. The van der Waals surface area contributed by atoms with Crippen molar-refractivity contribution in [2.75, 3.05) is 23.7 Å². The average molecular weight is 263 g/mol. The van der Waals surface area contributed by atoms with E-state index in [1.54, 1.807) is 0 Å². The highest BCUT2D eigenvalue weighted by atomic mass is 15.2. The fraction of sp³-hybridized carbons (Fsp3) is 0.235. The van der Waals surface area contributed by atoms with Crippen molar-refractivity contribution in [3.63, 3.8) is 0 Å². The third kappa shape index (κ3) is 2.92. The highest BCUT2D eigenvalue weighted by Gasteiger charge is 2.12. The fourth-order valence-electron chi connectivity index (χ4n) is 2.33. The third-order valence-corrected chi connectivity index (χ3v) is 3.44. The Hall–Kier alpha value is -2.47. The third-order valence-electron chi connectivity index (χ3n) is 3.44. The molecule has 0 saturated carbocycles. The molecule has 3 nitrogen and oxygen atoms in total. The van der Waals surface area contributed by atoms with Crippen molar-refractivity contribution in [1.82, 2.24) is 4.98 Å². The van der Waals surface area contributed by atoms with Crippen LogP contribution in [0.5, 0.6) is 0 Å². The molecule has 2 aromatic rings. The smallest absolute Gasteiger partial charge is 0.129 e. The van der Waals surface area contributed by atoms with Crippen LogP contribution in [0.4, 0.5) is 11.5 Å². The Balaban J connectivity index is 1.81. The van der Waals surface area contributed by atoms with E-state index in [9.17, 15) is 0 Å². The van der Waals surface area contributed by atoms with Crippen molar-refractivity contribution in [3.8, 4) is 11.8 Å². The van der Waals surface area contributed by atoms with Gasteiger partial charge < -0.3 is 10.6 Å². The summed E-state index contributed by atoms with van der Waals surface area (Å²) in [6.45, 7) is 2.20. The van der Waals surface area contributed by atoms with Gasteiger partial charge in [0.25, 0.3) is 0 Å². The summed E-state index contributed by atoms with van der Waals surface area (Å²) in [5.41, 5.74) is 8.39. The standard InChI is InChI=1S/C17H17N3/c18-16-7-5-14(6-8-16)3-4-15-9-10-19-17(13-15)20-11-1-2-12-20/h5-10,13H,1-2,11-12,18H2. The van der Waals surface area contributed by atoms with Gasteiger partial charge in [0.1, 0.15) is 5.82 Å². The van der Waals surface area contributed by atoms with E-state index in [0.717, 1.165) is 35.7 Å². The molecule has 0 atom stereocenters. The Morgan fingerprint density at radius 3 is 2.40 bits per heavy atom. The van der Waals surface area contributed by atoms with E-state index in [1.165, 1.54) is 12.8 Å². The zero-order chi connectivity index (χ0) is 13.8. The van der Waals surface area contributed by atoms with Crippen molar-refractivity contribution in [2.24, 2.45) is 0 Å². The molecule has 20 heavy (non-hydrogen) atoms. The fourth-order valence-corrected chi connectivity index (χ4v) is 2.33. The molecular formula is C17H17N3. The van der Waals surface area contributed by atoms with E-state index in [0.29, 0.717) is 0 Å². The maximum Gasteiger partial charge on any atom is 0.129 e. The summed E-state index contributed by atoms with van der Waals surface area (Å²) in [4.78, 5) is 6.74. The molecule has 1 aliphatic heterocycles. The van der Waals surface area contributed by atoms with E-state index in [2.05, 4.69) is 27.8 Å². The van der Waals surface area contributed by atoms with Gasteiger partial charge in [-0.2, -0.15) is 0 Å². The van der Waals surface area contributed by atoms with Crippen LogP contribution in [0.2, 0.25) is 0 Å². The molecule has 0 aliphatic carbocycles. The van der Waals surface area contributed by atoms with Gasteiger partial charge in [0, 0.05) is 36.1 Å². The maximum absolute atomic E-state index is 5.66. The molecule has 0 radical (unpaired) electrons. The number of nitrogens with two attached hydrogens (primary N) is 1. The number of rotatable bonds is 1. The summed E-state index contributed by atoms with van der Waals surface area (Å²) in [6.07, 6.45) is 4.34. The van der Waals surface area contributed by atoms with E-state index in [-0.39, 0.29) is 0 Å². The molecule has 0 amide bonds. The van der Waals surface area contributed by atoms with Gasteiger partial charge in [-0.1, -0.05) is 11.8 Å². The predicted molar refractivity (Wildman–Crippen MR) is 82.5 cm³/mol. The molecule has 1 fully saturated rings. The van der Waals surface area contributed by atoms with Crippen molar-refractivity contribution in [2.45, 2.75) is 12.8 Å². The monoisotopic (exact) mass is 263 g/mol. The lowest BCUT2D eigenvalue weighted by atomic mass is 10.2. The molecule has 1 aromatic heterocycles. The second-order valence-corrected chi connectivity index (χ2v) is 4.97. The summed E-state index contributed by atoms with van der Waals surface area (Å²) in [6, 6.07) is 11.6. The maximum atomic E-state index is 5.66. The first-order valence-electron chi connectivity index (χ1n) is 6.90. The van der Waals surface area contributed by atoms with Gasteiger partial charge in [0.2, 0.25) is 0 Å². The SMILES string of the molecule is Nc1ccc(C#Cc2ccnc(N3CCCC3)c2)cc1. The topological polar surface area (TPSA) is 42.1 Å². The summed E-state index contributed by atoms with van der Waals surface area (Å²) in [5.74, 6) is 7.37. The molecular weight excluding hydrogens is 246 g/mol. The predicted octanol–water partition coefficient (Wildman–Crippen LogP) is 2.66. The van der Waals surface area contributed by atoms with Crippen molar-refractivity contribution in [3.05, 3.63) is 53.7 Å². The minimum absolute atomic E-state index is 0.760. The zero-order valence-electron chi connectivity index (χ0n) is 11.3. The van der Waals surface area contributed by atoms with Crippen LogP contribution < -0.4 is 10.6 Å². The molecule has 0 spiro atoms. The number of nitrogens with zero attached hydrogens (tertiary/aromatic N) is 2. The van der Waals surface area contributed by atoms with Crippen LogP contribution in [0, 0.1) is 11.8 Å². The quantitative estimate of drug-likeness (QED) is 0.635. The molecule has 2 heterocycles. The van der Waals surface area contributed by atoms with E-state index < -0.39 is 0 Å². The number of hydrogen-bond acceptors (Lipinski definition) is 3. The van der Waals surface area contributed by atoms with Crippen molar-refractivity contribution < 1.29 is 0 Å². The number of benzene rings is 1. The highest BCUT2D eigenvalue weighted by Crippen LogP contribution is 2.18. The largest absolute Gasteiger partial charge is 0.399 e. The number of nitrogen functional groups attached to an aromatic ring is 1. The van der Waals surface area contributed by atoms with Gasteiger partial charge in [0.05, 0.1) is 0 Å². The van der Waals surface area contributed by atoms with Crippen LogP contribution in [0.15, 0.2) is 42.6 Å². The number of aromatic nitrogens is 1. The van der Waals surface area contributed by atoms with Crippen LogP contribution in [-0.2, 0) is 0 Å². The molecule has 3 heteroatoms.